The van der Waals surface area contributed by atoms with Crippen LogP contribution in [0.4, 0.5) is 0 Å². The monoisotopic (exact) mass is 472 g/mol. The predicted molar refractivity (Wildman–Crippen MR) is 126 cm³/mol. The first kappa shape index (κ1) is 23.2. The second-order valence-corrected chi connectivity index (χ2v) is 8.91. The Balaban J connectivity index is 1.44. The van der Waals surface area contributed by atoms with E-state index in [0.717, 1.165) is 22.3 Å². The molecule has 0 radical (unpaired) electrons. The lowest BCUT2D eigenvalue weighted by Crippen LogP contribution is -2.36. The van der Waals surface area contributed by atoms with Gasteiger partial charge in [-0.1, -0.05) is 77.3 Å². The van der Waals surface area contributed by atoms with Gasteiger partial charge < -0.3 is 19.3 Å². The van der Waals surface area contributed by atoms with Gasteiger partial charge in [0.2, 0.25) is 0 Å². The zero-order valence-corrected chi connectivity index (χ0v) is 19.3. The summed E-state index contributed by atoms with van der Waals surface area (Å²) >= 11 is 11.9. The summed E-state index contributed by atoms with van der Waals surface area (Å²) in [5, 5.41) is 12.4. The third kappa shape index (κ3) is 5.90. The molecule has 4 rings (SSSR count). The zero-order chi connectivity index (χ0) is 22.5. The maximum absolute atomic E-state index is 11.1. The maximum atomic E-state index is 11.1. The highest BCUT2D eigenvalue weighted by atomic mass is 35.5. The fourth-order valence-corrected chi connectivity index (χ4v) is 4.01. The van der Waals surface area contributed by atoms with Crippen molar-refractivity contribution in [3.05, 3.63) is 105 Å². The molecule has 0 aliphatic carbocycles. The molecule has 0 amide bonds. The van der Waals surface area contributed by atoms with Crippen molar-refractivity contribution >= 4 is 23.2 Å². The zero-order valence-electron chi connectivity index (χ0n) is 17.8. The standard InChI is InChI=1S/C26H26Cl2O4/c1-17-2-8-20(9-3-17)25-24(29)26(31-15-19-6-12-22(28)13-7-19)23(32-25)16-30-14-18-4-10-21(27)11-5-18/h2-13,23-26,29H,14-16H2,1H3/t23-,24-,25-,26+/m0/s1. The van der Waals surface area contributed by atoms with Gasteiger partial charge in [-0.25, -0.2) is 0 Å². The van der Waals surface area contributed by atoms with Crippen LogP contribution in [0.5, 0.6) is 0 Å². The van der Waals surface area contributed by atoms with Crippen molar-refractivity contribution in [3.63, 3.8) is 0 Å². The molecule has 1 N–H and O–H groups in total. The molecule has 4 atom stereocenters. The Morgan fingerprint density at radius 1 is 0.812 bits per heavy atom. The fraction of sp³-hybridized carbons (Fsp3) is 0.308. The summed E-state index contributed by atoms with van der Waals surface area (Å²) in [6.45, 7) is 3.09. The second kappa shape index (κ2) is 10.8. The lowest BCUT2D eigenvalue weighted by molar-refractivity contribution is -0.0769. The molecule has 0 unspecified atom stereocenters. The minimum Gasteiger partial charge on any atom is -0.387 e. The highest BCUT2D eigenvalue weighted by Crippen LogP contribution is 2.36. The normalized spacial score (nSPS) is 22.9. The van der Waals surface area contributed by atoms with E-state index in [4.69, 9.17) is 37.4 Å². The van der Waals surface area contributed by atoms with Crippen LogP contribution < -0.4 is 0 Å². The van der Waals surface area contributed by atoms with Crippen molar-refractivity contribution < 1.29 is 19.3 Å². The lowest BCUT2D eigenvalue weighted by Gasteiger charge is -2.21. The molecular formula is C26H26Cl2O4. The van der Waals surface area contributed by atoms with E-state index < -0.39 is 24.4 Å². The summed E-state index contributed by atoms with van der Waals surface area (Å²) in [5.41, 5.74) is 4.06. The average Bonchev–Trinajstić information content (AvgIpc) is 3.10. The van der Waals surface area contributed by atoms with Crippen molar-refractivity contribution in [1.82, 2.24) is 0 Å². The van der Waals surface area contributed by atoms with Crippen molar-refractivity contribution in [2.45, 2.75) is 44.6 Å². The first-order chi connectivity index (χ1) is 15.5. The van der Waals surface area contributed by atoms with E-state index in [-0.39, 0.29) is 0 Å². The molecule has 32 heavy (non-hydrogen) atoms. The molecule has 0 aromatic heterocycles. The van der Waals surface area contributed by atoms with Crippen LogP contribution in [0.15, 0.2) is 72.8 Å². The van der Waals surface area contributed by atoms with Crippen LogP contribution in [-0.4, -0.2) is 30.0 Å². The van der Waals surface area contributed by atoms with Crippen molar-refractivity contribution in [2.75, 3.05) is 6.61 Å². The maximum Gasteiger partial charge on any atom is 0.115 e. The number of ether oxygens (including phenoxy) is 3. The second-order valence-electron chi connectivity index (χ2n) is 8.04. The number of halogens is 2. The fourth-order valence-electron chi connectivity index (χ4n) is 3.76. The van der Waals surface area contributed by atoms with E-state index in [1.165, 1.54) is 0 Å². The molecule has 3 aromatic rings. The first-order valence-corrected chi connectivity index (χ1v) is 11.3. The Morgan fingerprint density at radius 3 is 1.97 bits per heavy atom. The molecule has 1 aliphatic heterocycles. The molecular weight excluding hydrogens is 447 g/mol. The molecule has 0 saturated carbocycles. The van der Waals surface area contributed by atoms with Crippen molar-refractivity contribution in [1.29, 1.82) is 0 Å². The molecule has 4 nitrogen and oxygen atoms in total. The highest BCUT2D eigenvalue weighted by Gasteiger charge is 2.45. The van der Waals surface area contributed by atoms with Crippen LogP contribution in [0.1, 0.15) is 28.4 Å². The van der Waals surface area contributed by atoms with Crippen LogP contribution in [-0.2, 0) is 27.4 Å². The average molecular weight is 473 g/mol. The van der Waals surface area contributed by atoms with Gasteiger partial charge in [0, 0.05) is 10.0 Å². The van der Waals surface area contributed by atoms with Crippen LogP contribution in [0.3, 0.4) is 0 Å². The van der Waals surface area contributed by atoms with E-state index in [1.54, 1.807) is 0 Å². The molecule has 1 saturated heterocycles. The van der Waals surface area contributed by atoms with Gasteiger partial charge in [0.15, 0.2) is 0 Å². The van der Waals surface area contributed by atoms with Crippen molar-refractivity contribution in [3.8, 4) is 0 Å². The summed E-state index contributed by atoms with van der Waals surface area (Å²) in [6, 6.07) is 23.0. The SMILES string of the molecule is Cc1ccc([C@@H]2O[C@@H](COCc3ccc(Cl)cc3)[C@@H](OCc3ccc(Cl)cc3)[C@H]2O)cc1. The van der Waals surface area contributed by atoms with Gasteiger partial charge in [-0.05, 0) is 47.9 Å². The topological polar surface area (TPSA) is 47.9 Å². The summed E-state index contributed by atoms with van der Waals surface area (Å²) in [4.78, 5) is 0. The summed E-state index contributed by atoms with van der Waals surface area (Å²) < 4.78 is 18.3. The van der Waals surface area contributed by atoms with Crippen LogP contribution >= 0.6 is 23.2 Å². The molecule has 6 heteroatoms. The number of aliphatic hydroxyl groups excluding tert-OH is 1. The van der Waals surface area contributed by atoms with Gasteiger partial charge >= 0.3 is 0 Å². The molecule has 3 aromatic carbocycles. The minimum atomic E-state index is -0.811. The Labute approximate surface area is 198 Å². The van der Waals surface area contributed by atoms with Crippen LogP contribution in [0.2, 0.25) is 10.0 Å². The van der Waals surface area contributed by atoms with E-state index in [0.29, 0.717) is 29.9 Å². The number of hydrogen-bond donors (Lipinski definition) is 1. The van der Waals surface area contributed by atoms with Gasteiger partial charge in [0.25, 0.3) is 0 Å². The Morgan fingerprint density at radius 2 is 1.38 bits per heavy atom. The number of benzene rings is 3. The Bertz CT molecular complexity index is 990. The minimum absolute atomic E-state index is 0.299. The van der Waals surface area contributed by atoms with Crippen LogP contribution in [0, 0.1) is 6.92 Å². The first-order valence-electron chi connectivity index (χ1n) is 10.6. The third-order valence-corrected chi connectivity index (χ3v) is 6.06. The number of aryl methyl sites for hydroxylation is 1. The molecule has 1 fully saturated rings. The smallest absolute Gasteiger partial charge is 0.115 e. The highest BCUT2D eigenvalue weighted by molar-refractivity contribution is 6.30. The van der Waals surface area contributed by atoms with E-state index >= 15 is 0 Å². The number of rotatable bonds is 8. The molecule has 1 heterocycles. The van der Waals surface area contributed by atoms with E-state index in [9.17, 15) is 5.11 Å². The third-order valence-electron chi connectivity index (χ3n) is 5.56. The summed E-state index contributed by atoms with van der Waals surface area (Å²) in [7, 11) is 0. The molecule has 0 bridgehead atoms. The largest absolute Gasteiger partial charge is 0.387 e. The molecule has 1 aliphatic rings. The van der Waals surface area contributed by atoms with E-state index in [2.05, 4.69) is 0 Å². The van der Waals surface area contributed by atoms with Gasteiger partial charge in [0.05, 0.1) is 19.8 Å². The van der Waals surface area contributed by atoms with E-state index in [1.807, 2.05) is 79.7 Å². The predicted octanol–water partition coefficient (Wildman–Crippen LogP) is 5.90. The number of hydrogen-bond acceptors (Lipinski definition) is 4. The lowest BCUT2D eigenvalue weighted by atomic mass is 10.0. The van der Waals surface area contributed by atoms with Crippen molar-refractivity contribution in [2.24, 2.45) is 0 Å². The Kier molecular flexibility index (Phi) is 7.84. The summed E-state index contributed by atoms with van der Waals surface area (Å²) in [6.07, 6.45) is -2.22. The number of aliphatic hydroxyl groups is 1. The van der Waals surface area contributed by atoms with Gasteiger partial charge in [-0.2, -0.15) is 0 Å². The van der Waals surface area contributed by atoms with Gasteiger partial charge in [-0.3, -0.25) is 0 Å². The van der Waals surface area contributed by atoms with Gasteiger partial charge in [0.1, 0.15) is 24.4 Å². The molecule has 168 valence electrons. The summed E-state index contributed by atoms with van der Waals surface area (Å²) in [5.74, 6) is 0. The van der Waals surface area contributed by atoms with Gasteiger partial charge in [-0.15, -0.1) is 0 Å². The quantitative estimate of drug-likeness (QED) is 0.442. The Hall–Kier alpha value is -1.92. The molecule has 0 spiro atoms. The van der Waals surface area contributed by atoms with Crippen LogP contribution in [0.25, 0.3) is 0 Å².